The first kappa shape index (κ1) is 21.1. The fourth-order valence-corrected chi connectivity index (χ4v) is 4.52. The van der Waals surface area contributed by atoms with Crippen LogP contribution < -0.4 is 10.9 Å². The molecule has 31 heavy (non-hydrogen) atoms. The molecule has 0 aliphatic carbocycles. The highest BCUT2D eigenvalue weighted by molar-refractivity contribution is 9.10. The maximum atomic E-state index is 13.4. The molecular weight excluding hydrogens is 507 g/mol. The van der Waals surface area contributed by atoms with Crippen LogP contribution in [0.4, 0.5) is 9.52 Å². The average molecular weight is 519 g/mol. The first-order chi connectivity index (χ1) is 14.8. The van der Waals surface area contributed by atoms with E-state index in [1.165, 1.54) is 24.3 Å². The third-order valence-corrected chi connectivity index (χ3v) is 6.12. The van der Waals surface area contributed by atoms with Crippen LogP contribution in [0.2, 0.25) is 0 Å². The Morgan fingerprint density at radius 2 is 1.87 bits per heavy atom. The van der Waals surface area contributed by atoms with E-state index in [-0.39, 0.29) is 20.3 Å². The number of nitrogens with zero attached hydrogens (tertiary/aromatic N) is 1. The van der Waals surface area contributed by atoms with Crippen molar-refractivity contribution in [1.29, 1.82) is 0 Å². The van der Waals surface area contributed by atoms with Crippen molar-refractivity contribution in [2.75, 3.05) is 5.32 Å². The number of carbonyl (C=O) groups is 1. The molecule has 1 amide bonds. The van der Waals surface area contributed by atoms with Crippen molar-refractivity contribution in [2.45, 2.75) is 0 Å². The van der Waals surface area contributed by atoms with E-state index in [9.17, 15) is 19.1 Å². The largest absolute Gasteiger partial charge is 0.494 e. The van der Waals surface area contributed by atoms with Gasteiger partial charge >= 0.3 is 0 Å². The summed E-state index contributed by atoms with van der Waals surface area (Å²) in [4.78, 5) is 34.8. The van der Waals surface area contributed by atoms with Gasteiger partial charge in [0.2, 0.25) is 5.88 Å². The number of rotatable bonds is 4. The Hall–Kier alpha value is -3.15. The molecule has 0 spiro atoms. The molecular formula is C20H12BrFN4O3S2. The summed E-state index contributed by atoms with van der Waals surface area (Å²) >= 11 is 9.20. The zero-order valence-electron chi connectivity index (χ0n) is 15.4. The molecule has 0 atom stereocenters. The number of amides is 1. The van der Waals surface area contributed by atoms with Crippen molar-refractivity contribution in [2.24, 2.45) is 0 Å². The third kappa shape index (κ3) is 4.33. The van der Waals surface area contributed by atoms with Crippen LogP contribution in [0.15, 0.2) is 57.8 Å². The average Bonchev–Trinajstić information content (AvgIpc) is 3.11. The monoisotopic (exact) mass is 518 g/mol. The van der Waals surface area contributed by atoms with E-state index in [4.69, 9.17) is 12.2 Å². The molecule has 0 fully saturated rings. The summed E-state index contributed by atoms with van der Waals surface area (Å²) in [6.07, 6.45) is 0. The lowest BCUT2D eigenvalue weighted by Gasteiger charge is -2.04. The molecule has 4 aromatic rings. The fraction of sp³-hybridized carbons (Fsp3) is 0. The van der Waals surface area contributed by atoms with Gasteiger partial charge in [0.25, 0.3) is 11.5 Å². The number of H-pyrrole nitrogens is 2. The number of hydrogen-bond donors (Lipinski definition) is 4. The van der Waals surface area contributed by atoms with Gasteiger partial charge in [-0.1, -0.05) is 23.5 Å². The maximum absolute atomic E-state index is 13.4. The number of hydrogen-bond acceptors (Lipinski definition) is 6. The predicted molar refractivity (Wildman–Crippen MR) is 123 cm³/mol. The third-order valence-electron chi connectivity index (χ3n) is 4.23. The minimum atomic E-state index is -0.628. The normalized spacial score (nSPS) is 10.8. The van der Waals surface area contributed by atoms with E-state index in [2.05, 4.69) is 36.2 Å². The summed E-state index contributed by atoms with van der Waals surface area (Å²) in [5.74, 6) is -1.29. The van der Waals surface area contributed by atoms with Gasteiger partial charge in [-0.3, -0.25) is 19.9 Å². The van der Waals surface area contributed by atoms with Gasteiger partial charge in [0, 0.05) is 10.0 Å². The second-order valence-electron chi connectivity index (χ2n) is 6.27. The van der Waals surface area contributed by atoms with E-state index < -0.39 is 23.2 Å². The van der Waals surface area contributed by atoms with Gasteiger partial charge in [-0.2, -0.15) is 0 Å². The van der Waals surface area contributed by atoms with E-state index >= 15 is 0 Å². The molecule has 156 valence electrons. The molecule has 0 saturated heterocycles. The number of aromatic hydroxyl groups is 1. The summed E-state index contributed by atoms with van der Waals surface area (Å²) in [5, 5.41) is 13.2. The summed E-state index contributed by atoms with van der Waals surface area (Å²) in [6, 6.07) is 12.4. The van der Waals surface area contributed by atoms with Gasteiger partial charge in [0.1, 0.15) is 11.4 Å². The number of aromatic nitrogens is 3. The topological polar surface area (TPSA) is 111 Å². The number of nitrogens with one attached hydrogen (secondary N) is 3. The maximum Gasteiger partial charge on any atom is 0.264 e. The zero-order chi connectivity index (χ0) is 22.1. The fourth-order valence-electron chi connectivity index (χ4n) is 2.84. The van der Waals surface area contributed by atoms with Crippen LogP contribution in [0.25, 0.3) is 21.7 Å². The number of benzene rings is 2. The second-order valence-corrected chi connectivity index (χ2v) is 8.53. The Balaban J connectivity index is 1.84. The van der Waals surface area contributed by atoms with Crippen LogP contribution >= 0.6 is 39.5 Å². The number of halogens is 2. The van der Waals surface area contributed by atoms with Gasteiger partial charge in [0.05, 0.1) is 16.1 Å². The van der Waals surface area contributed by atoms with Crippen LogP contribution in [0.5, 0.6) is 5.88 Å². The minimum absolute atomic E-state index is 0.0402. The Morgan fingerprint density at radius 3 is 2.55 bits per heavy atom. The molecule has 11 heteroatoms. The van der Waals surface area contributed by atoms with E-state index in [1.54, 1.807) is 24.3 Å². The van der Waals surface area contributed by atoms with Crippen LogP contribution in [-0.4, -0.2) is 26.0 Å². The van der Waals surface area contributed by atoms with Crippen molar-refractivity contribution in [3.8, 4) is 27.6 Å². The van der Waals surface area contributed by atoms with Crippen LogP contribution in [-0.2, 0) is 0 Å². The molecule has 0 aliphatic heterocycles. The molecule has 0 bridgehead atoms. The van der Waals surface area contributed by atoms with Gasteiger partial charge < -0.3 is 10.1 Å². The van der Waals surface area contributed by atoms with Crippen molar-refractivity contribution >= 4 is 50.5 Å². The molecule has 4 rings (SSSR count). The highest BCUT2D eigenvalue weighted by Gasteiger charge is 2.22. The standard InChI is InChI=1S/C20H12BrFN4O3S2/c21-12-4-2-1-3-11(12)16(27)26-20-23-14(9-5-7-10(22)8-6-9)15(31-20)13-17(28)24-19(30)25-18(13)29/h1-8H,(H,23,26,27)(H3,24,25,28,29,30). The molecule has 2 aromatic carbocycles. The predicted octanol–water partition coefficient (Wildman–Crippen LogP) is 5.08. The zero-order valence-corrected chi connectivity index (χ0v) is 18.6. The lowest BCUT2D eigenvalue weighted by atomic mass is 10.1. The Bertz CT molecular complexity index is 1410. The summed E-state index contributed by atoms with van der Waals surface area (Å²) in [5.41, 5.74) is 0.463. The second kappa shape index (κ2) is 8.53. The summed E-state index contributed by atoms with van der Waals surface area (Å²) in [6.45, 7) is 0. The smallest absolute Gasteiger partial charge is 0.264 e. The first-order valence-electron chi connectivity index (χ1n) is 8.72. The molecule has 7 nitrogen and oxygen atoms in total. The van der Waals surface area contributed by atoms with E-state index in [0.717, 1.165) is 11.3 Å². The highest BCUT2D eigenvalue weighted by Crippen LogP contribution is 2.40. The SMILES string of the molecule is O=C(Nc1nc(-c2ccc(F)cc2)c(-c2c(O)[nH]c(=S)[nH]c2=O)s1)c1ccccc1Br. The molecule has 0 radical (unpaired) electrons. The Kier molecular flexibility index (Phi) is 5.81. The molecule has 2 aromatic heterocycles. The summed E-state index contributed by atoms with van der Waals surface area (Å²) < 4.78 is 14.0. The van der Waals surface area contributed by atoms with Crippen molar-refractivity contribution in [1.82, 2.24) is 15.0 Å². The first-order valence-corrected chi connectivity index (χ1v) is 10.7. The van der Waals surface area contributed by atoms with Gasteiger partial charge in [-0.25, -0.2) is 9.37 Å². The number of aromatic amines is 2. The lowest BCUT2D eigenvalue weighted by molar-refractivity contribution is 0.102. The molecule has 0 aliphatic rings. The Labute approximate surface area is 191 Å². The minimum Gasteiger partial charge on any atom is -0.494 e. The molecule has 2 heterocycles. The Morgan fingerprint density at radius 1 is 1.16 bits per heavy atom. The van der Waals surface area contributed by atoms with Gasteiger partial charge in [0.15, 0.2) is 9.90 Å². The lowest BCUT2D eigenvalue weighted by Crippen LogP contribution is -2.12. The molecule has 0 saturated carbocycles. The molecule has 0 unspecified atom stereocenters. The van der Waals surface area contributed by atoms with E-state index in [1.807, 2.05) is 0 Å². The van der Waals surface area contributed by atoms with Gasteiger partial charge in [-0.05, 0) is 64.5 Å². The highest BCUT2D eigenvalue weighted by atomic mass is 79.9. The van der Waals surface area contributed by atoms with Crippen LogP contribution in [0, 0.1) is 10.6 Å². The van der Waals surface area contributed by atoms with Crippen LogP contribution in [0.1, 0.15) is 10.4 Å². The summed E-state index contributed by atoms with van der Waals surface area (Å²) in [7, 11) is 0. The number of carbonyl (C=O) groups excluding carboxylic acids is 1. The van der Waals surface area contributed by atoms with Crippen molar-refractivity contribution in [3.63, 3.8) is 0 Å². The van der Waals surface area contributed by atoms with Crippen molar-refractivity contribution in [3.05, 3.63) is 79.5 Å². The van der Waals surface area contributed by atoms with Gasteiger partial charge in [-0.15, -0.1) is 0 Å². The van der Waals surface area contributed by atoms with E-state index in [0.29, 0.717) is 21.3 Å². The van der Waals surface area contributed by atoms with Crippen LogP contribution in [0.3, 0.4) is 0 Å². The number of thiazole rings is 1. The number of anilines is 1. The van der Waals surface area contributed by atoms with Crippen molar-refractivity contribution < 1.29 is 14.3 Å². The quantitative estimate of drug-likeness (QED) is 0.281. The molecule has 4 N–H and O–H groups in total.